The Labute approximate surface area is 146 Å². The van der Waals surface area contributed by atoms with Gasteiger partial charge in [0.05, 0.1) is 33.8 Å². The number of nitro groups is 1. The number of carbonyl (C=O) groups is 1. The Hall–Kier alpha value is -4.06. The molecule has 0 saturated heterocycles. The number of nitriles is 1. The van der Waals surface area contributed by atoms with E-state index in [1.54, 1.807) is 18.2 Å². The van der Waals surface area contributed by atoms with Crippen LogP contribution in [0, 0.1) is 21.4 Å². The second-order valence-corrected chi connectivity index (χ2v) is 5.38. The summed E-state index contributed by atoms with van der Waals surface area (Å²) in [6, 6.07) is 12.1. The first kappa shape index (κ1) is 16.8. The number of amides is 1. The van der Waals surface area contributed by atoms with Crippen LogP contribution in [0.2, 0.25) is 0 Å². The number of anilines is 1. The summed E-state index contributed by atoms with van der Waals surface area (Å²) in [5.41, 5.74) is 0.330. The van der Waals surface area contributed by atoms with Gasteiger partial charge in [-0.2, -0.15) is 5.26 Å². The van der Waals surface area contributed by atoms with Crippen molar-refractivity contribution in [3.8, 4) is 6.07 Å². The number of carbonyl (C=O) groups excluding carboxylic acids is 1. The summed E-state index contributed by atoms with van der Waals surface area (Å²) >= 11 is 0. The fraction of sp³-hybridized carbons (Fsp3) is 0.0588. The first-order valence-corrected chi connectivity index (χ1v) is 7.41. The topological polar surface area (TPSA) is 131 Å². The molecule has 0 atom stereocenters. The van der Waals surface area contributed by atoms with Gasteiger partial charge in [0.25, 0.3) is 11.2 Å². The van der Waals surface area contributed by atoms with Gasteiger partial charge in [-0.05, 0) is 24.3 Å². The average molecular weight is 349 g/mol. The molecule has 3 rings (SSSR count). The molecular weight excluding hydrogens is 338 g/mol. The lowest BCUT2D eigenvalue weighted by Gasteiger charge is -2.08. The summed E-state index contributed by atoms with van der Waals surface area (Å²) in [4.78, 5) is 38.9. The monoisotopic (exact) mass is 349 g/mol. The van der Waals surface area contributed by atoms with E-state index >= 15 is 0 Å². The number of benzene rings is 2. The number of hydrogen-bond acceptors (Lipinski definition) is 6. The largest absolute Gasteiger partial charge is 0.324 e. The lowest BCUT2D eigenvalue weighted by Crippen LogP contribution is -2.28. The number of nitrogens with one attached hydrogen (secondary N) is 1. The van der Waals surface area contributed by atoms with E-state index in [2.05, 4.69) is 10.3 Å². The van der Waals surface area contributed by atoms with E-state index < -0.39 is 16.4 Å². The Bertz CT molecular complexity index is 1130. The van der Waals surface area contributed by atoms with Crippen LogP contribution in [0.5, 0.6) is 0 Å². The van der Waals surface area contributed by atoms with E-state index in [9.17, 15) is 19.7 Å². The molecule has 1 heterocycles. The third-order valence-corrected chi connectivity index (χ3v) is 3.61. The van der Waals surface area contributed by atoms with Gasteiger partial charge in [0.2, 0.25) is 5.91 Å². The van der Waals surface area contributed by atoms with Crippen molar-refractivity contribution in [3.05, 3.63) is 74.8 Å². The first-order valence-electron chi connectivity index (χ1n) is 7.41. The van der Waals surface area contributed by atoms with Crippen LogP contribution in [0.15, 0.2) is 53.6 Å². The predicted molar refractivity (Wildman–Crippen MR) is 92.4 cm³/mol. The van der Waals surface area contributed by atoms with Crippen LogP contribution in [0.3, 0.4) is 0 Å². The van der Waals surface area contributed by atoms with Crippen LogP contribution in [-0.2, 0) is 11.3 Å². The van der Waals surface area contributed by atoms with Gasteiger partial charge in [-0.15, -0.1) is 0 Å². The van der Waals surface area contributed by atoms with Gasteiger partial charge in [0, 0.05) is 17.8 Å². The molecule has 26 heavy (non-hydrogen) atoms. The lowest BCUT2D eigenvalue weighted by molar-refractivity contribution is -0.384. The minimum absolute atomic E-state index is 0.0565. The number of nitrogens with zero attached hydrogens (tertiary/aromatic N) is 4. The molecule has 0 unspecified atom stereocenters. The van der Waals surface area contributed by atoms with Gasteiger partial charge in [-0.25, -0.2) is 4.98 Å². The van der Waals surface area contributed by atoms with Gasteiger partial charge in [-0.1, -0.05) is 6.07 Å². The molecule has 1 amide bonds. The van der Waals surface area contributed by atoms with Crippen molar-refractivity contribution < 1.29 is 9.72 Å². The Balaban J connectivity index is 1.87. The van der Waals surface area contributed by atoms with E-state index in [1.807, 2.05) is 6.07 Å². The zero-order chi connectivity index (χ0) is 18.7. The van der Waals surface area contributed by atoms with E-state index in [1.165, 1.54) is 24.5 Å². The van der Waals surface area contributed by atoms with Crippen molar-refractivity contribution in [2.45, 2.75) is 6.54 Å². The molecule has 0 spiro atoms. The summed E-state index contributed by atoms with van der Waals surface area (Å²) in [7, 11) is 0. The highest BCUT2D eigenvalue weighted by Crippen LogP contribution is 2.16. The zero-order valence-electron chi connectivity index (χ0n) is 13.2. The molecule has 1 N–H and O–H groups in total. The Morgan fingerprint density at radius 2 is 2.12 bits per heavy atom. The van der Waals surface area contributed by atoms with Crippen molar-refractivity contribution in [2.75, 3.05) is 5.32 Å². The fourth-order valence-electron chi connectivity index (χ4n) is 2.39. The van der Waals surface area contributed by atoms with Crippen LogP contribution < -0.4 is 10.9 Å². The molecule has 128 valence electrons. The maximum Gasteiger partial charge on any atom is 0.270 e. The molecular formula is C17H11N5O4. The molecule has 3 aromatic rings. The summed E-state index contributed by atoms with van der Waals surface area (Å²) in [6.07, 6.45) is 1.21. The van der Waals surface area contributed by atoms with E-state index in [4.69, 9.17) is 5.26 Å². The molecule has 1 aromatic heterocycles. The highest BCUT2D eigenvalue weighted by atomic mass is 16.6. The molecule has 0 radical (unpaired) electrons. The number of fused-ring (bicyclic) bond motifs is 1. The standard InChI is InChI=1S/C17H11N5O4/c18-8-11-2-1-3-12(6-11)20-16(23)9-21-10-19-15-5-4-13(22(25)26)7-14(15)17(21)24/h1-7,10H,9H2,(H,20,23). The maximum absolute atomic E-state index is 12.5. The second-order valence-electron chi connectivity index (χ2n) is 5.38. The van der Waals surface area contributed by atoms with Gasteiger partial charge in [0.1, 0.15) is 6.54 Å². The van der Waals surface area contributed by atoms with E-state index in [-0.39, 0.29) is 17.6 Å². The number of nitro benzene ring substituents is 1. The van der Waals surface area contributed by atoms with Gasteiger partial charge >= 0.3 is 0 Å². The summed E-state index contributed by atoms with van der Waals surface area (Å²) in [5.74, 6) is -0.492. The van der Waals surface area contributed by atoms with E-state index in [0.717, 1.165) is 10.6 Å². The van der Waals surface area contributed by atoms with Crippen LogP contribution in [-0.4, -0.2) is 20.4 Å². The van der Waals surface area contributed by atoms with Crippen LogP contribution in [0.1, 0.15) is 5.56 Å². The molecule has 0 aliphatic carbocycles. The van der Waals surface area contributed by atoms with Crippen molar-refractivity contribution in [3.63, 3.8) is 0 Å². The molecule has 2 aromatic carbocycles. The minimum atomic E-state index is -0.606. The van der Waals surface area contributed by atoms with Crippen LogP contribution in [0.25, 0.3) is 10.9 Å². The molecule has 0 fully saturated rings. The maximum atomic E-state index is 12.5. The molecule has 0 aliphatic heterocycles. The predicted octanol–water partition coefficient (Wildman–Crippen LogP) is 1.82. The van der Waals surface area contributed by atoms with Crippen molar-refractivity contribution >= 4 is 28.2 Å². The minimum Gasteiger partial charge on any atom is -0.324 e. The van der Waals surface area contributed by atoms with Crippen LogP contribution >= 0.6 is 0 Å². The SMILES string of the molecule is N#Cc1cccc(NC(=O)Cn2cnc3ccc([N+](=O)[O-])cc3c2=O)c1. The molecule has 9 nitrogen and oxygen atoms in total. The summed E-state index contributed by atoms with van der Waals surface area (Å²) in [6.45, 7) is -0.318. The summed E-state index contributed by atoms with van der Waals surface area (Å²) < 4.78 is 1.07. The Morgan fingerprint density at radius 3 is 2.85 bits per heavy atom. The van der Waals surface area contributed by atoms with Gasteiger partial charge in [0.15, 0.2) is 0 Å². The molecule has 0 saturated carbocycles. The van der Waals surface area contributed by atoms with E-state index in [0.29, 0.717) is 16.8 Å². The van der Waals surface area contributed by atoms with Gasteiger partial charge < -0.3 is 5.32 Å². The zero-order valence-corrected chi connectivity index (χ0v) is 13.2. The van der Waals surface area contributed by atoms with Crippen molar-refractivity contribution in [1.82, 2.24) is 9.55 Å². The first-order chi connectivity index (χ1) is 12.5. The third-order valence-electron chi connectivity index (χ3n) is 3.61. The highest BCUT2D eigenvalue weighted by molar-refractivity contribution is 5.91. The quantitative estimate of drug-likeness (QED) is 0.564. The smallest absolute Gasteiger partial charge is 0.270 e. The normalized spacial score (nSPS) is 10.3. The molecule has 0 bridgehead atoms. The molecule has 0 aliphatic rings. The van der Waals surface area contributed by atoms with Crippen molar-refractivity contribution in [2.24, 2.45) is 0 Å². The fourth-order valence-corrected chi connectivity index (χ4v) is 2.39. The Kier molecular flexibility index (Phi) is 4.40. The summed E-state index contributed by atoms with van der Waals surface area (Å²) in [5, 5.41) is 22.4. The number of rotatable bonds is 4. The number of hydrogen-bond donors (Lipinski definition) is 1. The Morgan fingerprint density at radius 1 is 1.31 bits per heavy atom. The third kappa shape index (κ3) is 3.39. The number of aromatic nitrogens is 2. The second kappa shape index (κ2) is 6.82. The number of non-ortho nitro benzene ring substituents is 1. The highest BCUT2D eigenvalue weighted by Gasteiger charge is 2.12. The van der Waals surface area contributed by atoms with Gasteiger partial charge in [-0.3, -0.25) is 24.3 Å². The average Bonchev–Trinajstić information content (AvgIpc) is 2.64. The lowest BCUT2D eigenvalue weighted by atomic mass is 10.2. The van der Waals surface area contributed by atoms with Crippen LogP contribution in [0.4, 0.5) is 11.4 Å². The molecule has 9 heteroatoms. The van der Waals surface area contributed by atoms with Crippen molar-refractivity contribution in [1.29, 1.82) is 5.26 Å².